The summed E-state index contributed by atoms with van der Waals surface area (Å²) in [6.45, 7) is 3.84. The number of benzene rings is 2. The summed E-state index contributed by atoms with van der Waals surface area (Å²) in [6, 6.07) is 15.0. The van der Waals surface area contributed by atoms with Crippen molar-refractivity contribution >= 4 is 29.4 Å². The third-order valence-corrected chi connectivity index (χ3v) is 6.63. The van der Waals surface area contributed by atoms with Crippen molar-refractivity contribution in [2.45, 2.75) is 44.9 Å². The molecule has 0 bridgehead atoms. The monoisotopic (exact) mass is 500 g/mol. The predicted molar refractivity (Wildman–Crippen MR) is 135 cm³/mol. The van der Waals surface area contributed by atoms with Gasteiger partial charge in [0.15, 0.2) is 0 Å². The summed E-state index contributed by atoms with van der Waals surface area (Å²) in [5.74, 6) is -0.559. The second-order valence-electron chi connectivity index (χ2n) is 8.76. The van der Waals surface area contributed by atoms with Crippen molar-refractivity contribution in [2.75, 3.05) is 26.2 Å². The number of likely N-dealkylation sites (tertiary alicyclic amines) is 1. The summed E-state index contributed by atoms with van der Waals surface area (Å²) in [4.78, 5) is 38.6. The average Bonchev–Trinajstić information content (AvgIpc) is 2.85. The number of hydrogen-bond acceptors (Lipinski definition) is 4. The highest BCUT2D eigenvalue weighted by Gasteiger charge is 2.33. The Morgan fingerprint density at radius 2 is 1.71 bits per heavy atom. The minimum Gasteiger partial charge on any atom is -0.494 e. The molecule has 7 nitrogen and oxygen atoms in total. The fraction of sp³-hybridized carbons (Fsp3) is 0.444. The molecule has 1 saturated heterocycles. The molecule has 1 heterocycles. The minimum atomic E-state index is -0.953. The van der Waals surface area contributed by atoms with E-state index in [-0.39, 0.29) is 30.7 Å². The van der Waals surface area contributed by atoms with E-state index in [1.807, 2.05) is 48.2 Å². The molecule has 35 heavy (non-hydrogen) atoms. The number of aliphatic carboxylic acids is 1. The number of carboxylic acids is 1. The highest BCUT2D eigenvalue weighted by molar-refractivity contribution is 6.30. The van der Waals surface area contributed by atoms with Gasteiger partial charge in [-0.2, -0.15) is 0 Å². The number of carbonyl (C=O) groups is 3. The Bertz CT molecular complexity index is 986. The molecule has 1 fully saturated rings. The third kappa shape index (κ3) is 7.99. The Kier molecular flexibility index (Phi) is 9.97. The van der Waals surface area contributed by atoms with Crippen LogP contribution in [-0.2, 0) is 20.8 Å². The number of piperidine rings is 1. The van der Waals surface area contributed by atoms with Gasteiger partial charge in [-0.3, -0.25) is 14.4 Å². The lowest BCUT2D eigenvalue weighted by molar-refractivity contribution is -0.137. The molecule has 0 unspecified atom stereocenters. The average molecular weight is 501 g/mol. The zero-order chi connectivity index (χ0) is 25.2. The molecule has 1 aliphatic heterocycles. The van der Waals surface area contributed by atoms with Crippen LogP contribution in [0.1, 0.15) is 49.7 Å². The number of nitrogens with one attached hydrogen (secondary N) is 1. The van der Waals surface area contributed by atoms with Crippen LogP contribution in [0.25, 0.3) is 0 Å². The lowest BCUT2D eigenvalue weighted by Crippen LogP contribution is -2.43. The number of rotatable bonds is 11. The maximum absolute atomic E-state index is 13.0. The summed E-state index contributed by atoms with van der Waals surface area (Å²) in [5.41, 5.74) is 1.94. The van der Waals surface area contributed by atoms with E-state index in [4.69, 9.17) is 21.4 Å². The SMILES string of the molecule is CCOc1ccc(CCC(=O)N2CCC([C@H](C(=O)NCCC(=O)O)c3ccc(Cl)cc3)CC2)cc1. The number of aryl methyl sites for hydroxylation is 1. The van der Waals surface area contributed by atoms with Gasteiger partial charge in [0.05, 0.1) is 18.9 Å². The lowest BCUT2D eigenvalue weighted by atomic mass is 9.79. The van der Waals surface area contributed by atoms with E-state index in [1.54, 1.807) is 12.1 Å². The van der Waals surface area contributed by atoms with Crippen LogP contribution >= 0.6 is 11.6 Å². The molecule has 2 N–H and O–H groups in total. The van der Waals surface area contributed by atoms with Gasteiger partial charge in [0, 0.05) is 31.1 Å². The number of halogens is 1. The van der Waals surface area contributed by atoms with Gasteiger partial charge >= 0.3 is 5.97 Å². The number of nitrogens with zero attached hydrogens (tertiary/aromatic N) is 1. The van der Waals surface area contributed by atoms with Crippen molar-refractivity contribution in [3.05, 3.63) is 64.7 Å². The van der Waals surface area contributed by atoms with Crippen molar-refractivity contribution in [1.82, 2.24) is 10.2 Å². The zero-order valence-corrected chi connectivity index (χ0v) is 20.8. The molecular formula is C27H33ClN2O5. The predicted octanol–water partition coefficient (Wildman–Crippen LogP) is 4.28. The normalized spacial score (nSPS) is 14.9. The Morgan fingerprint density at radius 1 is 1.06 bits per heavy atom. The fourth-order valence-corrected chi connectivity index (χ4v) is 4.65. The van der Waals surface area contributed by atoms with Gasteiger partial charge in [0.25, 0.3) is 0 Å². The van der Waals surface area contributed by atoms with E-state index in [0.29, 0.717) is 50.4 Å². The molecule has 0 radical (unpaired) electrons. The second-order valence-corrected chi connectivity index (χ2v) is 9.20. The van der Waals surface area contributed by atoms with Crippen LogP contribution in [-0.4, -0.2) is 54.0 Å². The molecule has 1 atom stereocenters. The molecule has 0 aliphatic carbocycles. The summed E-state index contributed by atoms with van der Waals surface area (Å²) in [7, 11) is 0. The van der Waals surface area contributed by atoms with Crippen LogP contribution < -0.4 is 10.1 Å². The van der Waals surface area contributed by atoms with Gasteiger partial charge in [0.1, 0.15) is 5.75 Å². The van der Waals surface area contributed by atoms with E-state index < -0.39 is 11.9 Å². The third-order valence-electron chi connectivity index (χ3n) is 6.38. The lowest BCUT2D eigenvalue weighted by Gasteiger charge is -2.36. The number of carboxylic acid groups (broad SMARTS) is 1. The van der Waals surface area contributed by atoms with E-state index in [0.717, 1.165) is 16.9 Å². The number of amides is 2. The first kappa shape index (κ1) is 26.5. The quantitative estimate of drug-likeness (QED) is 0.480. The largest absolute Gasteiger partial charge is 0.494 e. The van der Waals surface area contributed by atoms with Crippen molar-refractivity contribution in [2.24, 2.45) is 5.92 Å². The van der Waals surface area contributed by atoms with Gasteiger partial charge in [0.2, 0.25) is 11.8 Å². The Balaban J connectivity index is 1.56. The summed E-state index contributed by atoms with van der Waals surface area (Å²) >= 11 is 6.03. The molecule has 0 spiro atoms. The smallest absolute Gasteiger partial charge is 0.305 e. The van der Waals surface area contributed by atoms with Crippen LogP contribution in [0.3, 0.4) is 0 Å². The first-order valence-electron chi connectivity index (χ1n) is 12.1. The van der Waals surface area contributed by atoms with Gasteiger partial charge in [-0.05, 0) is 67.5 Å². The van der Waals surface area contributed by atoms with E-state index >= 15 is 0 Å². The minimum absolute atomic E-state index is 0.0520. The Hall–Kier alpha value is -3.06. The standard InChI is InChI=1S/C27H33ClN2O5/c1-2-35-23-10-3-19(4-11-23)5-12-24(31)30-17-14-21(15-18-30)26(20-6-8-22(28)9-7-20)27(34)29-16-13-25(32)33/h3-4,6-11,21,26H,2,5,12-18H2,1H3,(H,29,34)(H,32,33)/t26-/m1/s1. The van der Waals surface area contributed by atoms with Crippen molar-refractivity contribution in [1.29, 1.82) is 0 Å². The number of carbonyl (C=O) groups excluding carboxylic acids is 2. The molecule has 188 valence electrons. The number of hydrogen-bond donors (Lipinski definition) is 2. The summed E-state index contributed by atoms with van der Waals surface area (Å²) in [6.07, 6.45) is 2.39. The van der Waals surface area contributed by atoms with Crippen LogP contribution in [0.15, 0.2) is 48.5 Å². The van der Waals surface area contributed by atoms with Crippen LogP contribution in [0.5, 0.6) is 5.75 Å². The second kappa shape index (κ2) is 13.1. The number of ether oxygens (including phenoxy) is 1. The molecule has 8 heteroatoms. The maximum Gasteiger partial charge on any atom is 0.305 e. The van der Waals surface area contributed by atoms with Crippen molar-refractivity contribution in [3.63, 3.8) is 0 Å². The zero-order valence-electron chi connectivity index (χ0n) is 20.0. The van der Waals surface area contributed by atoms with Crippen LogP contribution in [0, 0.1) is 5.92 Å². The van der Waals surface area contributed by atoms with E-state index in [2.05, 4.69) is 5.32 Å². The molecule has 0 aromatic heterocycles. The summed E-state index contributed by atoms with van der Waals surface area (Å²) in [5, 5.41) is 12.2. The molecular weight excluding hydrogens is 468 g/mol. The van der Waals surface area contributed by atoms with Gasteiger partial charge < -0.3 is 20.1 Å². The Morgan fingerprint density at radius 3 is 2.31 bits per heavy atom. The van der Waals surface area contributed by atoms with Gasteiger partial charge in [-0.15, -0.1) is 0 Å². The first-order chi connectivity index (χ1) is 16.9. The topological polar surface area (TPSA) is 95.9 Å². The molecule has 1 aliphatic rings. The first-order valence-corrected chi connectivity index (χ1v) is 12.5. The van der Waals surface area contributed by atoms with Crippen LogP contribution in [0.2, 0.25) is 5.02 Å². The van der Waals surface area contributed by atoms with Crippen LogP contribution in [0.4, 0.5) is 0 Å². The van der Waals surface area contributed by atoms with Gasteiger partial charge in [-0.25, -0.2) is 0 Å². The summed E-state index contributed by atoms with van der Waals surface area (Å²) < 4.78 is 5.46. The maximum atomic E-state index is 13.0. The molecule has 2 amide bonds. The van der Waals surface area contributed by atoms with Crippen molar-refractivity contribution < 1.29 is 24.2 Å². The van der Waals surface area contributed by atoms with E-state index in [1.165, 1.54) is 0 Å². The van der Waals surface area contributed by atoms with Gasteiger partial charge in [-0.1, -0.05) is 35.9 Å². The molecule has 0 saturated carbocycles. The highest BCUT2D eigenvalue weighted by Crippen LogP contribution is 2.34. The molecule has 3 rings (SSSR count). The highest BCUT2D eigenvalue weighted by atomic mass is 35.5. The fourth-order valence-electron chi connectivity index (χ4n) is 4.52. The molecule has 2 aromatic rings. The van der Waals surface area contributed by atoms with E-state index in [9.17, 15) is 14.4 Å². The Labute approximate surface area is 211 Å². The van der Waals surface area contributed by atoms with Crippen molar-refractivity contribution in [3.8, 4) is 5.75 Å². The molecule has 2 aromatic carbocycles.